The van der Waals surface area contributed by atoms with E-state index in [4.69, 9.17) is 4.42 Å². The van der Waals surface area contributed by atoms with Crippen molar-refractivity contribution in [3.63, 3.8) is 0 Å². The van der Waals surface area contributed by atoms with Crippen LogP contribution in [0.3, 0.4) is 0 Å². The van der Waals surface area contributed by atoms with Crippen molar-refractivity contribution in [3.05, 3.63) is 64.8 Å². The normalized spacial score (nSPS) is 18.4. The molecule has 1 unspecified atom stereocenters. The Kier molecular flexibility index (Phi) is 6.03. The van der Waals surface area contributed by atoms with E-state index in [-0.39, 0.29) is 29.5 Å². The van der Waals surface area contributed by atoms with E-state index in [9.17, 15) is 13.6 Å². The van der Waals surface area contributed by atoms with Gasteiger partial charge in [-0.1, -0.05) is 19.1 Å². The second kappa shape index (κ2) is 9.13. The zero-order valence-corrected chi connectivity index (χ0v) is 19.7. The zero-order chi connectivity index (χ0) is 23.8. The summed E-state index contributed by atoms with van der Waals surface area (Å²) in [6.45, 7) is 5.05. The lowest BCUT2D eigenvalue weighted by Gasteiger charge is -2.39. The number of piperidine rings is 1. The molecule has 2 aromatic carbocycles. The van der Waals surface area contributed by atoms with Gasteiger partial charge in [0.25, 0.3) is 11.9 Å². The summed E-state index contributed by atoms with van der Waals surface area (Å²) in [7, 11) is 0. The van der Waals surface area contributed by atoms with Crippen LogP contribution in [0.2, 0.25) is 0 Å². The monoisotopic (exact) mass is 482 g/mol. The molecular weight excluding hydrogens is 458 g/mol. The maximum Gasteiger partial charge on any atom is 0.295 e. The van der Waals surface area contributed by atoms with E-state index < -0.39 is 0 Å². The zero-order valence-electron chi connectivity index (χ0n) is 18.8. The Hall–Kier alpha value is -3.33. The Morgan fingerprint density at radius 1 is 1.18 bits per heavy atom. The molecule has 2 aromatic heterocycles. The number of benzene rings is 2. The average molecular weight is 483 g/mol. The molecule has 6 nitrogen and oxygen atoms in total. The molecule has 1 aliphatic rings. The highest BCUT2D eigenvalue weighted by Crippen LogP contribution is 2.33. The largest absolute Gasteiger partial charge is 0.424 e. The summed E-state index contributed by atoms with van der Waals surface area (Å²) in [5, 5.41) is 3.97. The van der Waals surface area contributed by atoms with Crippen molar-refractivity contribution in [2.75, 3.05) is 18.4 Å². The van der Waals surface area contributed by atoms with E-state index in [1.165, 1.54) is 35.6 Å². The van der Waals surface area contributed by atoms with Crippen molar-refractivity contribution in [2.24, 2.45) is 5.92 Å². The van der Waals surface area contributed by atoms with Gasteiger partial charge in [0, 0.05) is 19.2 Å². The van der Waals surface area contributed by atoms with E-state index >= 15 is 0 Å². The lowest BCUT2D eigenvalue weighted by Crippen LogP contribution is -2.51. The van der Waals surface area contributed by atoms with E-state index in [0.29, 0.717) is 35.9 Å². The van der Waals surface area contributed by atoms with Crippen molar-refractivity contribution in [3.8, 4) is 10.4 Å². The third-order valence-electron chi connectivity index (χ3n) is 6.23. The van der Waals surface area contributed by atoms with Crippen LogP contribution in [0.25, 0.3) is 21.5 Å². The summed E-state index contributed by atoms with van der Waals surface area (Å²) in [5.41, 5.74) is 2.10. The molecule has 2 atom stereocenters. The number of thiazole rings is 1. The molecule has 1 aliphatic heterocycles. The van der Waals surface area contributed by atoms with Crippen LogP contribution >= 0.6 is 11.3 Å². The lowest BCUT2D eigenvalue weighted by atomic mass is 9.90. The second-order valence-electron chi connectivity index (χ2n) is 8.61. The molecular formula is C25H24F2N4O2S. The van der Waals surface area contributed by atoms with E-state index in [0.717, 1.165) is 28.3 Å². The Morgan fingerprint density at radius 2 is 1.94 bits per heavy atom. The van der Waals surface area contributed by atoms with Gasteiger partial charge in [0.05, 0.1) is 15.9 Å². The number of anilines is 1. The Morgan fingerprint density at radius 3 is 2.74 bits per heavy atom. The number of carbonyl (C=O) groups excluding carboxylic acids is 1. The number of amides is 1. The van der Waals surface area contributed by atoms with E-state index in [2.05, 4.69) is 22.2 Å². The molecule has 3 heterocycles. The maximum atomic E-state index is 13.7. The van der Waals surface area contributed by atoms with Crippen LogP contribution in [0.5, 0.6) is 0 Å². The molecule has 9 heteroatoms. The van der Waals surface area contributed by atoms with Crippen molar-refractivity contribution in [2.45, 2.75) is 32.7 Å². The molecule has 176 valence electrons. The molecule has 0 saturated carbocycles. The highest BCUT2D eigenvalue weighted by molar-refractivity contribution is 7.15. The van der Waals surface area contributed by atoms with Gasteiger partial charge in [0.1, 0.15) is 22.8 Å². The number of oxazole rings is 1. The quantitative estimate of drug-likeness (QED) is 0.384. The van der Waals surface area contributed by atoms with Gasteiger partial charge in [0.2, 0.25) is 0 Å². The third-order valence-corrected chi connectivity index (χ3v) is 7.25. The highest BCUT2D eigenvalue weighted by Gasteiger charge is 2.34. The van der Waals surface area contributed by atoms with Crippen LogP contribution in [0.1, 0.15) is 35.3 Å². The number of fused-ring (bicyclic) bond motifs is 1. The number of carbonyl (C=O) groups is 1. The van der Waals surface area contributed by atoms with E-state index in [1.807, 2.05) is 11.8 Å². The molecule has 0 spiro atoms. The highest BCUT2D eigenvalue weighted by atomic mass is 32.1. The van der Waals surface area contributed by atoms with Crippen molar-refractivity contribution < 1.29 is 18.0 Å². The maximum absolute atomic E-state index is 13.7. The molecule has 5 rings (SSSR count). The predicted molar refractivity (Wildman–Crippen MR) is 128 cm³/mol. The first-order chi connectivity index (χ1) is 16.4. The van der Waals surface area contributed by atoms with Crippen LogP contribution in [-0.2, 0) is 0 Å². The van der Waals surface area contributed by atoms with E-state index in [1.54, 1.807) is 18.2 Å². The van der Waals surface area contributed by atoms with Crippen LogP contribution in [0, 0.1) is 24.5 Å². The third kappa shape index (κ3) is 4.40. The van der Waals surface area contributed by atoms with Crippen molar-refractivity contribution in [1.82, 2.24) is 14.9 Å². The number of aromatic nitrogens is 2. The molecule has 1 saturated heterocycles. The molecule has 1 amide bonds. The minimum Gasteiger partial charge on any atom is -0.424 e. The standard InChI is InChI=1S/C25H24F2N4O2S/c1-14-4-3-11-31(20(14)13-28-25-30-19-12-18(27)9-10-21(19)33-25)24(32)22-23(34-15(2)29-22)16-5-7-17(26)8-6-16/h5-10,12,14,20H,3-4,11,13H2,1-2H3,(H,28,30)/t14-,20?/m1/s1. The number of nitrogens with one attached hydrogen (secondary N) is 1. The summed E-state index contributed by atoms with van der Waals surface area (Å²) in [6, 6.07) is 10.5. The van der Waals surface area contributed by atoms with Gasteiger partial charge in [-0.05, 0) is 55.5 Å². The first kappa shape index (κ1) is 22.5. The number of hydrogen-bond acceptors (Lipinski definition) is 6. The summed E-state index contributed by atoms with van der Waals surface area (Å²) >= 11 is 1.43. The molecule has 0 radical (unpaired) electrons. The van der Waals surface area contributed by atoms with Crippen LogP contribution in [0.15, 0.2) is 46.9 Å². The lowest BCUT2D eigenvalue weighted by molar-refractivity contribution is 0.0534. The van der Waals surface area contributed by atoms with Gasteiger partial charge < -0.3 is 14.6 Å². The minimum atomic E-state index is -0.375. The number of halogens is 2. The minimum absolute atomic E-state index is 0.101. The smallest absolute Gasteiger partial charge is 0.295 e. The number of nitrogens with zero attached hydrogens (tertiary/aromatic N) is 3. The summed E-state index contributed by atoms with van der Waals surface area (Å²) < 4.78 is 32.6. The van der Waals surface area contributed by atoms with Gasteiger partial charge in [-0.15, -0.1) is 11.3 Å². The average Bonchev–Trinajstić information content (AvgIpc) is 3.40. The Bertz CT molecular complexity index is 1330. The molecule has 1 N–H and O–H groups in total. The SMILES string of the molecule is Cc1nc(C(=O)N2CCC[C@@H](C)C2CNc2nc3cc(F)ccc3o2)c(-c2ccc(F)cc2)s1. The van der Waals surface area contributed by atoms with Gasteiger partial charge in [-0.2, -0.15) is 4.98 Å². The van der Waals surface area contributed by atoms with Crippen LogP contribution < -0.4 is 5.32 Å². The number of hydrogen-bond donors (Lipinski definition) is 1. The van der Waals surface area contributed by atoms with Gasteiger partial charge in [0.15, 0.2) is 5.58 Å². The fourth-order valence-electron chi connectivity index (χ4n) is 4.49. The van der Waals surface area contributed by atoms with Crippen molar-refractivity contribution >= 4 is 34.4 Å². The number of aryl methyl sites for hydroxylation is 1. The first-order valence-corrected chi connectivity index (χ1v) is 12.0. The molecule has 34 heavy (non-hydrogen) atoms. The topological polar surface area (TPSA) is 71.3 Å². The molecule has 0 bridgehead atoms. The fourth-order valence-corrected chi connectivity index (χ4v) is 5.40. The molecule has 4 aromatic rings. The second-order valence-corrected chi connectivity index (χ2v) is 9.82. The number of rotatable bonds is 5. The van der Waals surface area contributed by atoms with Gasteiger partial charge >= 0.3 is 0 Å². The molecule has 1 fully saturated rings. The summed E-state index contributed by atoms with van der Waals surface area (Å²) in [4.78, 5) is 25.2. The molecule has 0 aliphatic carbocycles. The van der Waals surface area contributed by atoms with Crippen LogP contribution in [-0.4, -0.2) is 39.9 Å². The Labute approximate surface area is 199 Å². The van der Waals surface area contributed by atoms with Crippen LogP contribution in [0.4, 0.5) is 14.8 Å². The summed E-state index contributed by atoms with van der Waals surface area (Å²) in [5.74, 6) is -0.584. The fraction of sp³-hybridized carbons (Fsp3) is 0.320. The summed E-state index contributed by atoms with van der Waals surface area (Å²) in [6.07, 6.45) is 1.90. The van der Waals surface area contributed by atoms with Gasteiger partial charge in [-0.3, -0.25) is 4.79 Å². The number of likely N-dealkylation sites (tertiary alicyclic amines) is 1. The predicted octanol–water partition coefficient (Wildman–Crippen LogP) is 5.89. The van der Waals surface area contributed by atoms with Crippen molar-refractivity contribution in [1.29, 1.82) is 0 Å². The Balaban J connectivity index is 1.39. The van der Waals surface area contributed by atoms with Gasteiger partial charge in [-0.25, -0.2) is 13.8 Å². The first-order valence-electron chi connectivity index (χ1n) is 11.2.